The lowest BCUT2D eigenvalue weighted by Crippen LogP contribution is -2.28. The third-order valence-corrected chi connectivity index (χ3v) is 3.60. The SMILES string of the molecule is Cc1ccc(NCCNC(=O)c2cnn(Cc3ccccc3)c2)nn1. The second-order valence-corrected chi connectivity index (χ2v) is 5.65. The van der Waals surface area contributed by atoms with Crippen molar-refractivity contribution in [2.75, 3.05) is 18.4 Å². The van der Waals surface area contributed by atoms with Crippen LogP contribution in [0.15, 0.2) is 54.9 Å². The van der Waals surface area contributed by atoms with E-state index in [-0.39, 0.29) is 5.91 Å². The minimum Gasteiger partial charge on any atom is -0.367 e. The van der Waals surface area contributed by atoms with Gasteiger partial charge in [-0.1, -0.05) is 30.3 Å². The predicted octanol–water partition coefficient (Wildman–Crippen LogP) is 1.87. The molecule has 0 spiro atoms. The van der Waals surface area contributed by atoms with Crippen LogP contribution in [0.4, 0.5) is 5.82 Å². The van der Waals surface area contributed by atoms with Gasteiger partial charge in [0, 0.05) is 19.3 Å². The van der Waals surface area contributed by atoms with Crippen LogP contribution in [-0.2, 0) is 6.54 Å². The first-order chi connectivity index (χ1) is 12.2. The number of hydrogen-bond acceptors (Lipinski definition) is 5. The summed E-state index contributed by atoms with van der Waals surface area (Å²) in [4.78, 5) is 12.1. The standard InChI is InChI=1S/C18H20N6O/c1-14-7-8-17(23-22-14)19-9-10-20-18(25)16-11-21-24(13-16)12-15-5-3-2-4-6-15/h2-8,11,13H,9-10,12H2,1H3,(H,19,23)(H,20,25). The van der Waals surface area contributed by atoms with Crippen molar-refractivity contribution < 1.29 is 4.79 Å². The molecule has 128 valence electrons. The smallest absolute Gasteiger partial charge is 0.254 e. The highest BCUT2D eigenvalue weighted by Gasteiger charge is 2.08. The molecule has 7 heteroatoms. The summed E-state index contributed by atoms with van der Waals surface area (Å²) in [6.07, 6.45) is 3.33. The lowest BCUT2D eigenvalue weighted by Gasteiger charge is -2.06. The molecule has 3 rings (SSSR count). The van der Waals surface area contributed by atoms with Gasteiger partial charge in [0.1, 0.15) is 5.82 Å². The van der Waals surface area contributed by atoms with E-state index in [2.05, 4.69) is 25.9 Å². The summed E-state index contributed by atoms with van der Waals surface area (Å²) in [6.45, 7) is 3.58. The van der Waals surface area contributed by atoms with Crippen LogP contribution < -0.4 is 10.6 Å². The van der Waals surface area contributed by atoms with E-state index < -0.39 is 0 Å². The van der Waals surface area contributed by atoms with Crippen molar-refractivity contribution in [2.45, 2.75) is 13.5 Å². The van der Waals surface area contributed by atoms with Gasteiger partial charge in [-0.2, -0.15) is 10.2 Å². The van der Waals surface area contributed by atoms with Gasteiger partial charge in [-0.15, -0.1) is 5.10 Å². The van der Waals surface area contributed by atoms with Crippen LogP contribution in [0.25, 0.3) is 0 Å². The Hall–Kier alpha value is -3.22. The van der Waals surface area contributed by atoms with Crippen LogP contribution in [0, 0.1) is 6.92 Å². The maximum absolute atomic E-state index is 12.1. The van der Waals surface area contributed by atoms with Crippen molar-refractivity contribution >= 4 is 11.7 Å². The third kappa shape index (κ3) is 4.87. The predicted molar refractivity (Wildman–Crippen MR) is 95.4 cm³/mol. The number of hydrogen-bond donors (Lipinski definition) is 2. The molecular weight excluding hydrogens is 316 g/mol. The largest absolute Gasteiger partial charge is 0.367 e. The molecule has 1 amide bonds. The van der Waals surface area contributed by atoms with Gasteiger partial charge < -0.3 is 10.6 Å². The van der Waals surface area contributed by atoms with E-state index in [1.165, 1.54) is 0 Å². The minimum absolute atomic E-state index is 0.142. The Morgan fingerprint density at radius 1 is 1.08 bits per heavy atom. The summed E-state index contributed by atoms with van der Waals surface area (Å²) in [5, 5.41) is 18.2. The van der Waals surface area contributed by atoms with Gasteiger partial charge in [0.25, 0.3) is 5.91 Å². The van der Waals surface area contributed by atoms with E-state index >= 15 is 0 Å². The number of carbonyl (C=O) groups excluding carboxylic acids is 1. The highest BCUT2D eigenvalue weighted by Crippen LogP contribution is 2.04. The first kappa shape index (κ1) is 16.6. The maximum Gasteiger partial charge on any atom is 0.254 e. The molecule has 25 heavy (non-hydrogen) atoms. The Bertz CT molecular complexity index is 813. The molecule has 0 fully saturated rings. The molecule has 0 unspecified atom stereocenters. The number of amides is 1. The van der Waals surface area contributed by atoms with Crippen molar-refractivity contribution in [1.82, 2.24) is 25.3 Å². The van der Waals surface area contributed by atoms with Crippen LogP contribution in [-0.4, -0.2) is 39.0 Å². The fourth-order valence-corrected chi connectivity index (χ4v) is 2.30. The van der Waals surface area contributed by atoms with E-state index in [0.717, 1.165) is 11.3 Å². The fourth-order valence-electron chi connectivity index (χ4n) is 2.30. The average molecular weight is 336 g/mol. The Labute approximate surface area is 146 Å². The maximum atomic E-state index is 12.1. The van der Waals surface area contributed by atoms with E-state index in [1.807, 2.05) is 49.4 Å². The quantitative estimate of drug-likeness (QED) is 0.644. The number of benzene rings is 1. The van der Waals surface area contributed by atoms with Gasteiger partial charge >= 0.3 is 0 Å². The van der Waals surface area contributed by atoms with Crippen LogP contribution >= 0.6 is 0 Å². The summed E-state index contributed by atoms with van der Waals surface area (Å²) >= 11 is 0. The molecule has 3 aromatic rings. The summed E-state index contributed by atoms with van der Waals surface area (Å²) in [7, 11) is 0. The number of carbonyl (C=O) groups is 1. The van der Waals surface area contributed by atoms with Gasteiger partial charge in [0.15, 0.2) is 0 Å². The monoisotopic (exact) mass is 336 g/mol. The molecule has 0 aliphatic rings. The van der Waals surface area contributed by atoms with Crippen molar-refractivity contribution in [3.05, 3.63) is 71.7 Å². The fraction of sp³-hybridized carbons (Fsp3) is 0.222. The van der Waals surface area contributed by atoms with Crippen molar-refractivity contribution in [3.63, 3.8) is 0 Å². The Kier molecular flexibility index (Phi) is 5.36. The van der Waals surface area contributed by atoms with Gasteiger partial charge in [0.05, 0.1) is 24.0 Å². The zero-order valence-electron chi connectivity index (χ0n) is 14.0. The molecular formula is C18H20N6O. The molecule has 0 aliphatic heterocycles. The molecule has 0 radical (unpaired) electrons. The molecule has 0 saturated heterocycles. The lowest BCUT2D eigenvalue weighted by atomic mass is 10.2. The number of nitrogens with zero attached hydrogens (tertiary/aromatic N) is 4. The van der Waals surface area contributed by atoms with Crippen molar-refractivity contribution in [2.24, 2.45) is 0 Å². The van der Waals surface area contributed by atoms with Gasteiger partial charge in [-0.05, 0) is 24.6 Å². The summed E-state index contributed by atoms with van der Waals surface area (Å²) < 4.78 is 1.75. The Morgan fingerprint density at radius 3 is 2.68 bits per heavy atom. The van der Waals surface area contributed by atoms with Crippen molar-refractivity contribution in [3.8, 4) is 0 Å². The molecule has 1 aromatic carbocycles. The molecule has 2 aromatic heterocycles. The lowest BCUT2D eigenvalue weighted by molar-refractivity contribution is 0.0955. The van der Waals surface area contributed by atoms with Crippen LogP contribution in [0.3, 0.4) is 0 Å². The number of nitrogens with one attached hydrogen (secondary N) is 2. The summed E-state index contributed by atoms with van der Waals surface area (Å²) in [6, 6.07) is 13.7. The topological polar surface area (TPSA) is 84.7 Å². The van der Waals surface area contributed by atoms with Crippen molar-refractivity contribution in [1.29, 1.82) is 0 Å². The number of aryl methyl sites for hydroxylation is 1. The number of anilines is 1. The minimum atomic E-state index is -0.142. The second-order valence-electron chi connectivity index (χ2n) is 5.65. The molecule has 0 saturated carbocycles. The van der Waals surface area contributed by atoms with Crippen LogP contribution in [0.2, 0.25) is 0 Å². The van der Waals surface area contributed by atoms with Crippen LogP contribution in [0.5, 0.6) is 0 Å². The average Bonchev–Trinajstić information content (AvgIpc) is 3.09. The summed E-state index contributed by atoms with van der Waals surface area (Å²) in [5.41, 5.74) is 2.55. The van der Waals surface area contributed by atoms with E-state index in [9.17, 15) is 4.79 Å². The van der Waals surface area contributed by atoms with E-state index in [4.69, 9.17) is 0 Å². The third-order valence-electron chi connectivity index (χ3n) is 3.60. The zero-order chi connectivity index (χ0) is 17.5. The highest BCUT2D eigenvalue weighted by atomic mass is 16.1. The van der Waals surface area contributed by atoms with Gasteiger partial charge in [-0.3, -0.25) is 9.48 Å². The first-order valence-corrected chi connectivity index (χ1v) is 8.09. The van der Waals surface area contributed by atoms with E-state index in [0.29, 0.717) is 31.0 Å². The Morgan fingerprint density at radius 2 is 1.92 bits per heavy atom. The first-order valence-electron chi connectivity index (χ1n) is 8.09. The molecule has 0 bridgehead atoms. The zero-order valence-corrected chi connectivity index (χ0v) is 14.0. The number of aromatic nitrogens is 4. The normalized spacial score (nSPS) is 10.4. The molecule has 7 nitrogen and oxygen atoms in total. The van der Waals surface area contributed by atoms with E-state index in [1.54, 1.807) is 17.1 Å². The molecule has 2 heterocycles. The van der Waals surface area contributed by atoms with Gasteiger partial charge in [-0.25, -0.2) is 0 Å². The Balaban J connectivity index is 1.44. The summed E-state index contributed by atoms with van der Waals surface area (Å²) in [5.74, 6) is 0.548. The highest BCUT2D eigenvalue weighted by molar-refractivity contribution is 5.93. The van der Waals surface area contributed by atoms with Gasteiger partial charge in [0.2, 0.25) is 0 Å². The second kappa shape index (κ2) is 8.05. The molecule has 2 N–H and O–H groups in total. The van der Waals surface area contributed by atoms with Crippen LogP contribution in [0.1, 0.15) is 21.6 Å². The molecule has 0 aliphatic carbocycles. The number of rotatable bonds is 7. The molecule has 0 atom stereocenters.